The van der Waals surface area contributed by atoms with Gasteiger partial charge in [-0.2, -0.15) is 57.1 Å². The Hall–Kier alpha value is -1.44. The third-order valence-corrected chi connectivity index (χ3v) is 3.53. The van der Waals surface area contributed by atoms with Gasteiger partial charge in [0.1, 0.15) is 0 Å². The molecular formula is C12H11F13O2. The summed E-state index contributed by atoms with van der Waals surface area (Å²) in [4.78, 5) is 11.1. The SMILES string of the molecule is CCC(CC(F)(F)C(F)(F)C(F)(F)C(F)(F)C(F)(F)C(F)(F)F)C(=O)OC. The molecule has 0 aliphatic heterocycles. The Morgan fingerprint density at radius 2 is 1.11 bits per heavy atom. The van der Waals surface area contributed by atoms with Crippen LogP contribution in [0.15, 0.2) is 0 Å². The molecule has 0 bridgehead atoms. The number of halogens is 13. The molecule has 0 aromatic carbocycles. The van der Waals surface area contributed by atoms with E-state index in [1.54, 1.807) is 0 Å². The fraction of sp³-hybridized carbons (Fsp3) is 0.917. The van der Waals surface area contributed by atoms with Crippen LogP contribution in [0.4, 0.5) is 57.1 Å². The van der Waals surface area contributed by atoms with Gasteiger partial charge in [0.05, 0.1) is 13.0 Å². The molecule has 1 atom stereocenters. The molecule has 0 radical (unpaired) electrons. The van der Waals surface area contributed by atoms with Gasteiger partial charge < -0.3 is 4.74 Å². The van der Waals surface area contributed by atoms with Crippen molar-refractivity contribution in [1.82, 2.24) is 0 Å². The summed E-state index contributed by atoms with van der Waals surface area (Å²) in [7, 11) is 0.577. The molecule has 1 unspecified atom stereocenters. The largest absolute Gasteiger partial charge is 0.469 e. The van der Waals surface area contributed by atoms with Crippen molar-refractivity contribution in [3.05, 3.63) is 0 Å². The van der Waals surface area contributed by atoms with Crippen LogP contribution in [0, 0.1) is 5.92 Å². The van der Waals surface area contributed by atoms with E-state index in [0.717, 1.165) is 6.92 Å². The third kappa shape index (κ3) is 3.91. The van der Waals surface area contributed by atoms with Gasteiger partial charge in [-0.05, 0) is 6.42 Å². The van der Waals surface area contributed by atoms with Crippen LogP contribution in [0.3, 0.4) is 0 Å². The number of carbonyl (C=O) groups is 1. The van der Waals surface area contributed by atoms with Gasteiger partial charge in [0.15, 0.2) is 0 Å². The zero-order chi connectivity index (χ0) is 22.3. The molecule has 0 aromatic rings. The highest BCUT2D eigenvalue weighted by Crippen LogP contribution is 2.61. The fourth-order valence-corrected chi connectivity index (χ4v) is 1.80. The van der Waals surface area contributed by atoms with Crippen LogP contribution in [-0.2, 0) is 9.53 Å². The maximum atomic E-state index is 13.5. The highest BCUT2D eigenvalue weighted by Gasteiger charge is 2.90. The van der Waals surface area contributed by atoms with Crippen molar-refractivity contribution < 1.29 is 66.6 Å². The normalized spacial score (nSPS) is 16.3. The summed E-state index contributed by atoms with van der Waals surface area (Å²) in [5.41, 5.74) is 0. The number of esters is 1. The summed E-state index contributed by atoms with van der Waals surface area (Å²) < 4.78 is 171. The smallest absolute Gasteiger partial charge is 0.460 e. The lowest BCUT2D eigenvalue weighted by Gasteiger charge is -2.40. The average molecular weight is 434 g/mol. The summed E-state index contributed by atoms with van der Waals surface area (Å²) in [6.07, 6.45) is -10.8. The first-order chi connectivity index (χ1) is 11.7. The lowest BCUT2D eigenvalue weighted by atomic mass is 9.88. The van der Waals surface area contributed by atoms with Crippen LogP contribution in [0.2, 0.25) is 0 Å². The second kappa shape index (κ2) is 7.18. The number of carbonyl (C=O) groups excluding carboxylic acids is 1. The van der Waals surface area contributed by atoms with E-state index < -0.39 is 60.5 Å². The van der Waals surface area contributed by atoms with Gasteiger partial charge in [-0.3, -0.25) is 4.79 Å². The van der Waals surface area contributed by atoms with Crippen molar-refractivity contribution in [2.45, 2.75) is 55.6 Å². The first-order valence-electron chi connectivity index (χ1n) is 6.69. The van der Waals surface area contributed by atoms with Gasteiger partial charge in [0.2, 0.25) is 0 Å². The van der Waals surface area contributed by atoms with Crippen molar-refractivity contribution in [2.75, 3.05) is 7.11 Å². The molecule has 162 valence electrons. The van der Waals surface area contributed by atoms with Crippen LogP contribution >= 0.6 is 0 Å². The molecule has 0 aromatic heterocycles. The Kier molecular flexibility index (Phi) is 6.80. The average Bonchev–Trinajstić information content (AvgIpc) is 2.49. The summed E-state index contributed by atoms with van der Waals surface area (Å²) >= 11 is 0. The predicted octanol–water partition coefficient (Wildman–Crippen LogP) is 5.31. The molecular weight excluding hydrogens is 423 g/mol. The van der Waals surface area contributed by atoms with E-state index in [2.05, 4.69) is 4.74 Å². The van der Waals surface area contributed by atoms with E-state index in [4.69, 9.17) is 0 Å². The van der Waals surface area contributed by atoms with Crippen LogP contribution in [0.5, 0.6) is 0 Å². The molecule has 0 saturated heterocycles. The monoisotopic (exact) mass is 434 g/mol. The molecule has 0 N–H and O–H groups in total. The van der Waals surface area contributed by atoms with E-state index in [0.29, 0.717) is 7.11 Å². The second-order valence-corrected chi connectivity index (χ2v) is 5.33. The van der Waals surface area contributed by atoms with Crippen LogP contribution in [0.25, 0.3) is 0 Å². The minimum atomic E-state index is -7.95. The van der Waals surface area contributed by atoms with Gasteiger partial charge >= 0.3 is 41.8 Å². The van der Waals surface area contributed by atoms with Crippen LogP contribution < -0.4 is 0 Å². The summed E-state index contributed by atoms with van der Waals surface area (Å²) in [6, 6.07) is 0. The van der Waals surface area contributed by atoms with E-state index in [9.17, 15) is 61.9 Å². The zero-order valence-corrected chi connectivity index (χ0v) is 13.2. The fourth-order valence-electron chi connectivity index (χ4n) is 1.80. The second-order valence-electron chi connectivity index (χ2n) is 5.33. The molecule has 27 heavy (non-hydrogen) atoms. The number of hydrogen-bond donors (Lipinski definition) is 0. The Morgan fingerprint density at radius 1 is 0.741 bits per heavy atom. The minimum Gasteiger partial charge on any atom is -0.469 e. The first-order valence-corrected chi connectivity index (χ1v) is 6.69. The highest BCUT2D eigenvalue weighted by atomic mass is 19.4. The lowest BCUT2D eigenvalue weighted by molar-refractivity contribution is -0.440. The minimum absolute atomic E-state index is 0.577. The van der Waals surface area contributed by atoms with E-state index >= 15 is 0 Å². The highest BCUT2D eigenvalue weighted by molar-refractivity contribution is 5.72. The maximum Gasteiger partial charge on any atom is 0.460 e. The Balaban J connectivity index is 6.19. The molecule has 0 amide bonds. The van der Waals surface area contributed by atoms with Gasteiger partial charge in [-0.1, -0.05) is 6.92 Å². The molecule has 0 rings (SSSR count). The molecule has 0 heterocycles. The molecule has 2 nitrogen and oxygen atoms in total. The van der Waals surface area contributed by atoms with Crippen LogP contribution in [0.1, 0.15) is 19.8 Å². The summed E-state index contributed by atoms with van der Waals surface area (Å²) in [5, 5.41) is 0. The van der Waals surface area contributed by atoms with Gasteiger partial charge in [-0.25, -0.2) is 0 Å². The van der Waals surface area contributed by atoms with Crippen molar-refractivity contribution in [2.24, 2.45) is 5.92 Å². The van der Waals surface area contributed by atoms with Crippen molar-refractivity contribution in [3.63, 3.8) is 0 Å². The summed E-state index contributed by atoms with van der Waals surface area (Å²) in [6.45, 7) is 0.903. The maximum absolute atomic E-state index is 13.5. The number of ether oxygens (including phenoxy) is 1. The first kappa shape index (κ1) is 25.6. The standard InChI is InChI=1S/C12H11F13O2/c1-3-5(6(26)27-2)4-7(13,14)8(15,16)9(17,18)10(19,20)11(21,22)12(23,24)25/h5H,3-4H2,1-2H3. The van der Waals surface area contributed by atoms with E-state index in [1.807, 2.05) is 0 Å². The molecule has 0 aliphatic rings. The topological polar surface area (TPSA) is 26.3 Å². The number of methoxy groups -OCH3 is 1. The Labute approximate surface area is 142 Å². The molecule has 0 spiro atoms. The zero-order valence-electron chi connectivity index (χ0n) is 13.2. The molecule has 15 heteroatoms. The van der Waals surface area contributed by atoms with Crippen molar-refractivity contribution in [1.29, 1.82) is 0 Å². The third-order valence-electron chi connectivity index (χ3n) is 3.53. The van der Waals surface area contributed by atoms with Gasteiger partial charge in [0.25, 0.3) is 0 Å². The Bertz CT molecular complexity index is 538. The quantitative estimate of drug-likeness (QED) is 0.382. The number of hydrogen-bond acceptors (Lipinski definition) is 2. The van der Waals surface area contributed by atoms with E-state index in [1.165, 1.54) is 0 Å². The molecule has 0 fully saturated rings. The van der Waals surface area contributed by atoms with Gasteiger partial charge in [-0.15, -0.1) is 0 Å². The summed E-state index contributed by atoms with van der Waals surface area (Å²) in [5.74, 6) is -41.1. The molecule has 0 aliphatic carbocycles. The van der Waals surface area contributed by atoms with Crippen LogP contribution in [-0.4, -0.2) is 48.9 Å². The number of rotatable bonds is 8. The van der Waals surface area contributed by atoms with Crippen molar-refractivity contribution >= 4 is 5.97 Å². The molecule has 0 saturated carbocycles. The lowest BCUT2D eigenvalue weighted by Crippen LogP contribution is -2.70. The van der Waals surface area contributed by atoms with E-state index in [-0.39, 0.29) is 0 Å². The Morgan fingerprint density at radius 3 is 1.41 bits per heavy atom. The van der Waals surface area contributed by atoms with Gasteiger partial charge in [0, 0.05) is 6.42 Å². The van der Waals surface area contributed by atoms with Crippen molar-refractivity contribution in [3.8, 4) is 0 Å². The number of alkyl halides is 13. The predicted molar refractivity (Wildman–Crippen MR) is 61.2 cm³/mol.